The third-order valence-electron chi connectivity index (χ3n) is 3.09. The number of nitrogens with two attached hydrogens (primary N) is 1. The van der Waals surface area contributed by atoms with Crippen molar-refractivity contribution in [1.29, 1.82) is 0 Å². The molecule has 1 aromatic rings. The number of rotatable bonds is 7. The summed E-state index contributed by atoms with van der Waals surface area (Å²) < 4.78 is 0.940. The number of carbonyl (C=O) groups excluding carboxylic acids is 1. The van der Waals surface area contributed by atoms with Crippen LogP contribution in [0.5, 0.6) is 0 Å². The Morgan fingerprint density at radius 2 is 2.20 bits per heavy atom. The smallest absolute Gasteiger partial charge is 0.220 e. The molecule has 0 bridgehead atoms. The van der Waals surface area contributed by atoms with Crippen molar-refractivity contribution in [3.05, 3.63) is 28.2 Å². The zero-order chi connectivity index (χ0) is 14.5. The molecule has 0 radical (unpaired) electrons. The van der Waals surface area contributed by atoms with Gasteiger partial charge in [0.15, 0.2) is 0 Å². The molecule has 0 spiro atoms. The minimum atomic E-state index is 0.139. The van der Waals surface area contributed by atoms with Crippen LogP contribution >= 0.6 is 28.1 Å². The first-order chi connectivity index (χ1) is 9.56. The lowest BCUT2D eigenvalue weighted by Gasteiger charge is -2.11. The fraction of sp³-hybridized carbons (Fsp3) is 0.429. The summed E-state index contributed by atoms with van der Waals surface area (Å²) in [6, 6.07) is 6.19. The maximum absolute atomic E-state index is 11.5. The number of thiocarbonyl (C=S) groups is 1. The largest absolute Gasteiger partial charge is 0.389 e. The molecule has 0 saturated heterocycles. The maximum atomic E-state index is 11.5. The SMILES string of the molecule is NC(=S)c1cc(Br)ccc1NCCCC(=O)NC1CC1. The third-order valence-corrected chi connectivity index (χ3v) is 3.80. The number of carbonyl (C=O) groups is 1. The molecule has 4 N–H and O–H groups in total. The van der Waals surface area contributed by atoms with E-state index in [0.29, 0.717) is 17.5 Å². The number of nitrogens with one attached hydrogen (secondary N) is 2. The molecule has 20 heavy (non-hydrogen) atoms. The molecule has 1 aliphatic carbocycles. The molecule has 1 aliphatic rings. The van der Waals surface area contributed by atoms with Gasteiger partial charge in [0.2, 0.25) is 5.91 Å². The molecule has 2 rings (SSSR count). The summed E-state index contributed by atoms with van der Waals surface area (Å²) >= 11 is 8.44. The summed E-state index contributed by atoms with van der Waals surface area (Å²) in [6.45, 7) is 0.718. The van der Waals surface area contributed by atoms with Crippen molar-refractivity contribution in [2.75, 3.05) is 11.9 Å². The van der Waals surface area contributed by atoms with Crippen molar-refractivity contribution < 1.29 is 4.79 Å². The van der Waals surface area contributed by atoms with Gasteiger partial charge in [-0.1, -0.05) is 28.1 Å². The molecule has 4 nitrogen and oxygen atoms in total. The van der Waals surface area contributed by atoms with E-state index in [1.807, 2.05) is 18.2 Å². The van der Waals surface area contributed by atoms with Gasteiger partial charge in [0, 0.05) is 34.7 Å². The molecule has 0 aliphatic heterocycles. The lowest BCUT2D eigenvalue weighted by Crippen LogP contribution is -2.25. The Hall–Kier alpha value is -1.14. The number of benzene rings is 1. The number of hydrogen-bond acceptors (Lipinski definition) is 3. The number of anilines is 1. The molecule has 108 valence electrons. The van der Waals surface area contributed by atoms with Gasteiger partial charge in [-0.05, 0) is 37.5 Å². The standard InChI is InChI=1S/C14H18BrN3OS/c15-9-3-6-12(11(8-9)14(16)20)17-7-1-2-13(19)18-10-4-5-10/h3,6,8,10,17H,1-2,4-5,7H2,(H2,16,20)(H,18,19). The number of amides is 1. The lowest BCUT2D eigenvalue weighted by atomic mass is 10.1. The van der Waals surface area contributed by atoms with Crippen LogP contribution in [0, 0.1) is 0 Å². The fourth-order valence-electron chi connectivity index (χ4n) is 1.87. The van der Waals surface area contributed by atoms with E-state index < -0.39 is 0 Å². The van der Waals surface area contributed by atoms with Crippen molar-refractivity contribution in [2.24, 2.45) is 5.73 Å². The van der Waals surface area contributed by atoms with Crippen molar-refractivity contribution >= 4 is 44.7 Å². The van der Waals surface area contributed by atoms with Crippen LogP contribution in [0.1, 0.15) is 31.2 Å². The number of halogens is 1. The van der Waals surface area contributed by atoms with Crippen LogP contribution in [0.3, 0.4) is 0 Å². The molecule has 0 aromatic heterocycles. The summed E-state index contributed by atoms with van der Waals surface area (Å²) in [5.74, 6) is 0.139. The molecule has 0 atom stereocenters. The average Bonchev–Trinajstić information content (AvgIpc) is 3.19. The molecule has 1 amide bonds. The van der Waals surface area contributed by atoms with Gasteiger partial charge >= 0.3 is 0 Å². The summed E-state index contributed by atoms with van der Waals surface area (Å²) in [5.41, 5.74) is 7.43. The summed E-state index contributed by atoms with van der Waals surface area (Å²) in [4.78, 5) is 11.9. The van der Waals surface area contributed by atoms with Crippen LogP contribution in [-0.2, 0) is 4.79 Å². The van der Waals surface area contributed by atoms with Gasteiger partial charge in [-0.3, -0.25) is 4.79 Å². The number of hydrogen-bond donors (Lipinski definition) is 3. The highest BCUT2D eigenvalue weighted by molar-refractivity contribution is 9.10. The summed E-state index contributed by atoms with van der Waals surface area (Å²) in [7, 11) is 0. The van der Waals surface area contributed by atoms with Gasteiger partial charge in [0.1, 0.15) is 4.99 Å². The van der Waals surface area contributed by atoms with E-state index in [0.717, 1.165) is 41.5 Å². The van der Waals surface area contributed by atoms with Crippen LogP contribution in [0.4, 0.5) is 5.69 Å². The van der Waals surface area contributed by atoms with Gasteiger partial charge in [-0.2, -0.15) is 0 Å². The van der Waals surface area contributed by atoms with E-state index in [1.54, 1.807) is 0 Å². The molecular weight excluding hydrogens is 338 g/mol. The van der Waals surface area contributed by atoms with Crippen molar-refractivity contribution in [3.63, 3.8) is 0 Å². The highest BCUT2D eigenvalue weighted by Gasteiger charge is 2.22. The van der Waals surface area contributed by atoms with Gasteiger partial charge in [0.05, 0.1) is 0 Å². The second-order valence-corrected chi connectivity index (χ2v) is 6.28. The van der Waals surface area contributed by atoms with E-state index in [4.69, 9.17) is 18.0 Å². The first-order valence-corrected chi connectivity index (χ1v) is 7.89. The maximum Gasteiger partial charge on any atom is 0.220 e. The van der Waals surface area contributed by atoms with Crippen molar-refractivity contribution in [2.45, 2.75) is 31.7 Å². The molecule has 1 aromatic carbocycles. The molecule has 1 saturated carbocycles. The van der Waals surface area contributed by atoms with Crippen LogP contribution in [-0.4, -0.2) is 23.5 Å². The average molecular weight is 356 g/mol. The van der Waals surface area contributed by atoms with E-state index in [1.165, 1.54) is 0 Å². The minimum Gasteiger partial charge on any atom is -0.389 e. The van der Waals surface area contributed by atoms with Crippen LogP contribution < -0.4 is 16.4 Å². The van der Waals surface area contributed by atoms with Gasteiger partial charge in [-0.25, -0.2) is 0 Å². The second-order valence-electron chi connectivity index (χ2n) is 4.93. The zero-order valence-corrected chi connectivity index (χ0v) is 13.5. The monoisotopic (exact) mass is 355 g/mol. The van der Waals surface area contributed by atoms with E-state index in [-0.39, 0.29) is 5.91 Å². The van der Waals surface area contributed by atoms with Crippen molar-refractivity contribution in [1.82, 2.24) is 5.32 Å². The topological polar surface area (TPSA) is 67.1 Å². The van der Waals surface area contributed by atoms with E-state index in [2.05, 4.69) is 26.6 Å². The van der Waals surface area contributed by atoms with Crippen LogP contribution in [0.2, 0.25) is 0 Å². The summed E-state index contributed by atoms with van der Waals surface area (Å²) in [5, 5.41) is 6.25. The molecular formula is C14H18BrN3OS. The Bertz CT molecular complexity index is 517. The Morgan fingerprint density at radius 1 is 1.45 bits per heavy atom. The Kier molecular flexibility index (Phi) is 5.37. The normalized spacial score (nSPS) is 13.8. The molecule has 1 fully saturated rings. The Labute approximate surface area is 132 Å². The van der Waals surface area contributed by atoms with Crippen molar-refractivity contribution in [3.8, 4) is 0 Å². The van der Waals surface area contributed by atoms with Gasteiger partial charge in [0.25, 0.3) is 0 Å². The first-order valence-electron chi connectivity index (χ1n) is 6.69. The van der Waals surface area contributed by atoms with Crippen LogP contribution in [0.25, 0.3) is 0 Å². The molecule has 6 heteroatoms. The first kappa shape index (κ1) is 15.3. The zero-order valence-electron chi connectivity index (χ0n) is 11.1. The van der Waals surface area contributed by atoms with Crippen LogP contribution in [0.15, 0.2) is 22.7 Å². The Morgan fingerprint density at radius 3 is 2.85 bits per heavy atom. The highest BCUT2D eigenvalue weighted by atomic mass is 79.9. The van der Waals surface area contributed by atoms with E-state index >= 15 is 0 Å². The Balaban J connectivity index is 1.78. The van der Waals surface area contributed by atoms with Gasteiger partial charge in [-0.15, -0.1) is 0 Å². The predicted octanol–water partition coefficient (Wildman–Crippen LogP) is 2.55. The second kappa shape index (κ2) is 7.04. The van der Waals surface area contributed by atoms with Gasteiger partial charge < -0.3 is 16.4 Å². The summed E-state index contributed by atoms with van der Waals surface area (Å²) in [6.07, 6.45) is 3.58. The minimum absolute atomic E-state index is 0.139. The quantitative estimate of drug-likeness (QED) is 0.519. The molecule has 0 heterocycles. The molecule has 0 unspecified atom stereocenters. The predicted molar refractivity (Wildman–Crippen MR) is 88.9 cm³/mol. The third kappa shape index (κ3) is 4.76. The fourth-order valence-corrected chi connectivity index (χ4v) is 2.40. The lowest BCUT2D eigenvalue weighted by molar-refractivity contribution is -0.121. The highest BCUT2D eigenvalue weighted by Crippen LogP contribution is 2.21. The van der Waals surface area contributed by atoms with E-state index in [9.17, 15) is 4.79 Å².